The molecule has 142 valence electrons. The van der Waals surface area contributed by atoms with E-state index in [0.717, 1.165) is 0 Å². The second-order valence-corrected chi connectivity index (χ2v) is 6.26. The molecule has 8 heteroatoms. The van der Waals surface area contributed by atoms with Crippen molar-refractivity contribution < 1.29 is 13.9 Å². The molecule has 1 amide bonds. The third-order valence-corrected chi connectivity index (χ3v) is 4.76. The fourth-order valence-corrected chi connectivity index (χ4v) is 3.33. The number of halogens is 1. The van der Waals surface area contributed by atoms with Crippen molar-refractivity contribution >= 4 is 22.7 Å². The summed E-state index contributed by atoms with van der Waals surface area (Å²) in [5, 5.41) is 9.32. The van der Waals surface area contributed by atoms with Crippen molar-refractivity contribution in [2.75, 3.05) is 37.7 Å². The first-order chi connectivity index (χ1) is 13.0. The largest absolute Gasteiger partial charge is 0.450 e. The number of ether oxygens (including phenoxy) is 1. The van der Waals surface area contributed by atoms with Crippen LogP contribution in [0.3, 0.4) is 0 Å². The molecule has 0 N–H and O–H groups in total. The minimum absolute atomic E-state index is 0.000416. The Bertz CT molecular complexity index is 972. The molecule has 0 aliphatic carbocycles. The van der Waals surface area contributed by atoms with Gasteiger partial charge in [0, 0.05) is 38.9 Å². The molecular weight excluding hydrogens is 351 g/mol. The van der Waals surface area contributed by atoms with E-state index >= 15 is 0 Å². The zero-order chi connectivity index (χ0) is 19.6. The standard InChI is InChI=1S/C19H21FN4O3/c1-3-22-12-13(11-21)18(25)14-9-15(20)17(10-16(14)22)23-5-7-24(8-6-23)19(26)27-4-2/h9-10,12H,3-8H2,1-2H3. The van der Waals surface area contributed by atoms with E-state index in [0.29, 0.717) is 50.5 Å². The summed E-state index contributed by atoms with van der Waals surface area (Å²) < 4.78 is 21.5. The van der Waals surface area contributed by atoms with Crippen molar-refractivity contribution in [3.05, 3.63) is 39.9 Å². The zero-order valence-electron chi connectivity index (χ0n) is 15.4. The highest BCUT2D eigenvalue weighted by molar-refractivity contribution is 5.84. The SMILES string of the molecule is CCOC(=O)N1CCN(c2cc3c(cc2F)c(=O)c(C#N)cn3CC)CC1. The summed E-state index contributed by atoms with van der Waals surface area (Å²) in [6, 6.07) is 4.73. The maximum atomic E-state index is 14.8. The highest BCUT2D eigenvalue weighted by Gasteiger charge is 2.24. The number of benzene rings is 1. The molecule has 0 atom stereocenters. The molecule has 0 saturated carbocycles. The molecule has 0 radical (unpaired) electrons. The van der Waals surface area contributed by atoms with Gasteiger partial charge in [0.2, 0.25) is 5.43 Å². The first kappa shape index (κ1) is 18.7. The normalized spacial score (nSPS) is 14.3. The Hall–Kier alpha value is -3.08. The number of hydrogen-bond donors (Lipinski definition) is 0. The molecule has 0 spiro atoms. The van der Waals surface area contributed by atoms with Crippen LogP contribution in [0.5, 0.6) is 0 Å². The van der Waals surface area contributed by atoms with Crippen LogP contribution in [0.2, 0.25) is 0 Å². The topological polar surface area (TPSA) is 78.6 Å². The van der Waals surface area contributed by atoms with Gasteiger partial charge in [-0.15, -0.1) is 0 Å². The van der Waals surface area contributed by atoms with Crippen LogP contribution in [0, 0.1) is 17.1 Å². The highest BCUT2D eigenvalue weighted by Crippen LogP contribution is 2.26. The predicted octanol–water partition coefficient (Wildman–Crippen LogP) is 2.31. The summed E-state index contributed by atoms with van der Waals surface area (Å²) in [4.78, 5) is 27.6. The number of fused-ring (bicyclic) bond motifs is 1. The molecule has 2 aromatic rings. The molecule has 0 unspecified atom stereocenters. The molecule has 3 rings (SSSR count). The van der Waals surface area contributed by atoms with E-state index in [1.807, 2.05) is 17.9 Å². The number of piperazine rings is 1. The number of hydrogen-bond acceptors (Lipinski definition) is 5. The van der Waals surface area contributed by atoms with Crippen LogP contribution in [0.25, 0.3) is 10.9 Å². The Labute approximate surface area is 156 Å². The number of carbonyl (C=O) groups is 1. The second kappa shape index (κ2) is 7.66. The van der Waals surface area contributed by atoms with Gasteiger partial charge in [-0.25, -0.2) is 9.18 Å². The summed E-state index contributed by atoms with van der Waals surface area (Å²) in [6.45, 7) is 6.32. The number of nitrogens with zero attached hydrogens (tertiary/aromatic N) is 4. The van der Waals surface area contributed by atoms with Crippen LogP contribution in [-0.4, -0.2) is 48.3 Å². The van der Waals surface area contributed by atoms with Gasteiger partial charge >= 0.3 is 6.09 Å². The van der Waals surface area contributed by atoms with Crippen molar-refractivity contribution in [2.45, 2.75) is 20.4 Å². The number of amides is 1. The van der Waals surface area contributed by atoms with Crippen molar-refractivity contribution in [3.8, 4) is 6.07 Å². The van der Waals surface area contributed by atoms with Crippen molar-refractivity contribution in [2.24, 2.45) is 0 Å². The molecule has 1 saturated heterocycles. The lowest BCUT2D eigenvalue weighted by Crippen LogP contribution is -2.49. The molecule has 7 nitrogen and oxygen atoms in total. The van der Waals surface area contributed by atoms with Gasteiger partial charge in [0.25, 0.3) is 0 Å². The Morgan fingerprint density at radius 2 is 1.96 bits per heavy atom. The van der Waals surface area contributed by atoms with E-state index in [1.165, 1.54) is 12.3 Å². The molecule has 1 aromatic carbocycles. The first-order valence-corrected chi connectivity index (χ1v) is 8.93. The fraction of sp³-hybridized carbons (Fsp3) is 0.421. The number of pyridine rings is 1. The van der Waals surface area contributed by atoms with Crippen LogP contribution in [0.1, 0.15) is 19.4 Å². The maximum Gasteiger partial charge on any atom is 0.409 e. The second-order valence-electron chi connectivity index (χ2n) is 6.26. The lowest BCUT2D eigenvalue weighted by molar-refractivity contribution is 0.105. The van der Waals surface area contributed by atoms with Gasteiger partial charge in [0.15, 0.2) is 0 Å². The third kappa shape index (κ3) is 3.45. The molecule has 0 bridgehead atoms. The summed E-state index contributed by atoms with van der Waals surface area (Å²) in [7, 11) is 0. The summed E-state index contributed by atoms with van der Waals surface area (Å²) >= 11 is 0. The van der Waals surface area contributed by atoms with E-state index in [2.05, 4.69) is 0 Å². The number of aromatic nitrogens is 1. The van der Waals surface area contributed by atoms with Gasteiger partial charge in [-0.3, -0.25) is 4.79 Å². The van der Waals surface area contributed by atoms with Crippen molar-refractivity contribution in [1.82, 2.24) is 9.47 Å². The van der Waals surface area contributed by atoms with E-state index in [-0.39, 0.29) is 17.0 Å². The Morgan fingerprint density at radius 3 is 2.56 bits per heavy atom. The molecule has 1 aliphatic heterocycles. The third-order valence-electron chi connectivity index (χ3n) is 4.76. The predicted molar refractivity (Wildman–Crippen MR) is 99.4 cm³/mol. The van der Waals surface area contributed by atoms with Gasteiger partial charge in [-0.2, -0.15) is 5.26 Å². The molecule has 1 aromatic heterocycles. The Kier molecular flexibility index (Phi) is 5.31. The number of rotatable bonds is 3. The lowest BCUT2D eigenvalue weighted by atomic mass is 10.1. The summed E-state index contributed by atoms with van der Waals surface area (Å²) in [5.74, 6) is -0.512. The Balaban J connectivity index is 1.95. The number of aryl methyl sites for hydroxylation is 1. The molecule has 27 heavy (non-hydrogen) atoms. The monoisotopic (exact) mass is 372 g/mol. The van der Waals surface area contributed by atoms with Gasteiger partial charge in [0.05, 0.1) is 23.2 Å². The minimum atomic E-state index is -0.512. The zero-order valence-corrected chi connectivity index (χ0v) is 15.4. The van der Waals surface area contributed by atoms with E-state index in [9.17, 15) is 14.0 Å². The minimum Gasteiger partial charge on any atom is -0.450 e. The van der Waals surface area contributed by atoms with Crippen LogP contribution in [0.4, 0.5) is 14.9 Å². The molecular formula is C19H21FN4O3. The van der Waals surface area contributed by atoms with Crippen molar-refractivity contribution in [1.29, 1.82) is 5.26 Å². The van der Waals surface area contributed by atoms with E-state index in [4.69, 9.17) is 10.00 Å². The average molecular weight is 372 g/mol. The van der Waals surface area contributed by atoms with Gasteiger partial charge in [-0.05, 0) is 26.0 Å². The maximum absolute atomic E-state index is 14.8. The lowest BCUT2D eigenvalue weighted by Gasteiger charge is -2.35. The van der Waals surface area contributed by atoms with Crippen LogP contribution in [0.15, 0.2) is 23.1 Å². The van der Waals surface area contributed by atoms with Gasteiger partial charge in [-0.1, -0.05) is 0 Å². The van der Waals surface area contributed by atoms with Gasteiger partial charge < -0.3 is 19.1 Å². The number of nitriles is 1. The summed E-state index contributed by atoms with van der Waals surface area (Å²) in [5.41, 5.74) is 0.511. The quantitative estimate of drug-likeness (QED) is 0.826. The average Bonchev–Trinajstić information content (AvgIpc) is 2.68. The van der Waals surface area contributed by atoms with Crippen LogP contribution < -0.4 is 10.3 Å². The van der Waals surface area contributed by atoms with Gasteiger partial charge in [0.1, 0.15) is 17.4 Å². The molecule has 2 heterocycles. The number of carbonyl (C=O) groups excluding carboxylic acids is 1. The van der Waals surface area contributed by atoms with E-state index in [1.54, 1.807) is 22.5 Å². The highest BCUT2D eigenvalue weighted by atomic mass is 19.1. The molecule has 1 fully saturated rings. The smallest absolute Gasteiger partial charge is 0.409 e. The number of anilines is 1. The van der Waals surface area contributed by atoms with Crippen LogP contribution >= 0.6 is 0 Å². The van der Waals surface area contributed by atoms with Crippen molar-refractivity contribution in [3.63, 3.8) is 0 Å². The Morgan fingerprint density at radius 1 is 1.26 bits per heavy atom. The van der Waals surface area contributed by atoms with E-state index < -0.39 is 11.2 Å². The summed E-state index contributed by atoms with van der Waals surface area (Å²) in [6.07, 6.45) is 1.14. The molecule has 1 aliphatic rings. The van der Waals surface area contributed by atoms with Crippen LogP contribution in [-0.2, 0) is 11.3 Å². The first-order valence-electron chi connectivity index (χ1n) is 8.93. The fourth-order valence-electron chi connectivity index (χ4n) is 3.33.